The van der Waals surface area contributed by atoms with Crippen LogP contribution in [0.1, 0.15) is 6.42 Å². The molecule has 0 bridgehead atoms. The highest BCUT2D eigenvalue weighted by Gasteiger charge is 2.26. The number of halogens is 1. The van der Waals surface area contributed by atoms with E-state index in [-0.39, 0.29) is 10.6 Å². The van der Waals surface area contributed by atoms with Crippen LogP contribution in [0.5, 0.6) is 0 Å². The topological polar surface area (TPSA) is 46.4 Å². The van der Waals surface area contributed by atoms with Crippen molar-refractivity contribution in [3.05, 3.63) is 40.4 Å². The van der Waals surface area contributed by atoms with Gasteiger partial charge in [-0.25, -0.2) is 0 Å². The molecular formula is C13H11ClN2O2S. The summed E-state index contributed by atoms with van der Waals surface area (Å²) in [5, 5.41) is 12.8. The Kier molecular flexibility index (Phi) is 3.24. The number of rotatable bonds is 4. The molecule has 0 saturated heterocycles. The number of benzene rings is 2. The quantitative estimate of drug-likeness (QED) is 0.367. The second kappa shape index (κ2) is 4.90. The monoisotopic (exact) mass is 294 g/mol. The molecular weight excluding hydrogens is 284 g/mol. The number of alkyl halides is 1. The first-order valence-electron chi connectivity index (χ1n) is 5.94. The molecule has 0 amide bonds. The molecule has 0 fully saturated rings. The van der Waals surface area contributed by atoms with Crippen LogP contribution >= 0.6 is 23.5 Å². The van der Waals surface area contributed by atoms with Crippen molar-refractivity contribution in [3.8, 4) is 0 Å². The zero-order valence-corrected chi connectivity index (χ0v) is 11.6. The van der Waals surface area contributed by atoms with Crippen molar-refractivity contribution >= 4 is 45.7 Å². The summed E-state index contributed by atoms with van der Waals surface area (Å²) in [7, 11) is 0. The summed E-state index contributed by atoms with van der Waals surface area (Å²) >= 11 is 7.36. The molecule has 0 unspecified atom stereocenters. The molecule has 1 heterocycles. The summed E-state index contributed by atoms with van der Waals surface area (Å²) in [6, 6.07) is 9.10. The average molecular weight is 295 g/mol. The lowest BCUT2D eigenvalue weighted by atomic mass is 10.1. The van der Waals surface area contributed by atoms with Gasteiger partial charge in [-0.3, -0.25) is 10.1 Å². The summed E-state index contributed by atoms with van der Waals surface area (Å²) in [6.45, 7) is 0.843. The molecule has 6 heteroatoms. The van der Waals surface area contributed by atoms with Crippen molar-refractivity contribution in [3.63, 3.8) is 0 Å². The highest BCUT2D eigenvalue weighted by Crippen LogP contribution is 2.48. The van der Waals surface area contributed by atoms with Gasteiger partial charge < -0.3 is 4.31 Å². The van der Waals surface area contributed by atoms with E-state index in [1.54, 1.807) is 18.0 Å². The lowest BCUT2D eigenvalue weighted by Gasteiger charge is -2.16. The minimum absolute atomic E-state index is 0.167. The van der Waals surface area contributed by atoms with Crippen LogP contribution in [0.25, 0.3) is 10.8 Å². The first-order chi connectivity index (χ1) is 9.22. The molecule has 0 atom stereocenters. The third-order valence-corrected chi connectivity index (χ3v) is 4.53. The highest BCUT2D eigenvalue weighted by molar-refractivity contribution is 8.01. The Morgan fingerprint density at radius 2 is 2.16 bits per heavy atom. The molecule has 0 radical (unpaired) electrons. The van der Waals surface area contributed by atoms with Crippen LogP contribution in [0.3, 0.4) is 0 Å². The van der Waals surface area contributed by atoms with Crippen LogP contribution in [0.2, 0.25) is 0 Å². The highest BCUT2D eigenvalue weighted by atomic mass is 35.5. The van der Waals surface area contributed by atoms with Crippen molar-refractivity contribution < 1.29 is 4.92 Å². The molecule has 3 rings (SSSR count). The minimum atomic E-state index is -0.324. The summed E-state index contributed by atoms with van der Waals surface area (Å²) < 4.78 is 2.16. The van der Waals surface area contributed by atoms with Crippen LogP contribution in [0.15, 0.2) is 35.2 Å². The van der Waals surface area contributed by atoms with Gasteiger partial charge in [-0.1, -0.05) is 6.07 Å². The van der Waals surface area contributed by atoms with Gasteiger partial charge in [0.1, 0.15) is 0 Å². The Bertz CT molecular complexity index is 662. The van der Waals surface area contributed by atoms with Crippen molar-refractivity contribution in [2.45, 2.75) is 11.3 Å². The number of hydrogen-bond donors (Lipinski definition) is 0. The maximum absolute atomic E-state index is 11.1. The van der Waals surface area contributed by atoms with Crippen LogP contribution in [0, 0.1) is 10.1 Å². The van der Waals surface area contributed by atoms with E-state index in [4.69, 9.17) is 11.6 Å². The minimum Gasteiger partial charge on any atom is -0.311 e. The second-order valence-corrected chi connectivity index (χ2v) is 5.72. The molecule has 0 aliphatic carbocycles. The molecule has 0 spiro atoms. The largest absolute Gasteiger partial charge is 0.311 e. The molecule has 19 heavy (non-hydrogen) atoms. The maximum atomic E-state index is 11.1. The summed E-state index contributed by atoms with van der Waals surface area (Å²) in [5.41, 5.74) is 1.21. The average Bonchev–Trinajstić information content (AvgIpc) is 2.77. The van der Waals surface area contributed by atoms with Gasteiger partial charge in [0.15, 0.2) is 0 Å². The van der Waals surface area contributed by atoms with E-state index in [0.717, 1.165) is 28.9 Å². The van der Waals surface area contributed by atoms with Gasteiger partial charge in [-0.2, -0.15) is 0 Å². The van der Waals surface area contributed by atoms with Gasteiger partial charge in [0.05, 0.1) is 16.0 Å². The Morgan fingerprint density at radius 3 is 2.89 bits per heavy atom. The molecule has 4 nitrogen and oxygen atoms in total. The molecule has 1 aliphatic heterocycles. The SMILES string of the molecule is O=[N+]([O-])c1ccc2c3c(cccc13)SN2CCCCl. The molecule has 2 aromatic rings. The van der Waals surface area contributed by atoms with Crippen molar-refractivity contribution in [2.75, 3.05) is 16.7 Å². The Morgan fingerprint density at radius 1 is 1.32 bits per heavy atom. The third-order valence-electron chi connectivity index (χ3n) is 3.13. The first-order valence-corrected chi connectivity index (χ1v) is 7.25. The van der Waals surface area contributed by atoms with Crippen LogP contribution < -0.4 is 4.31 Å². The molecule has 0 aromatic heterocycles. The van der Waals surface area contributed by atoms with Gasteiger partial charge in [-0.05, 0) is 36.6 Å². The van der Waals surface area contributed by atoms with E-state index in [2.05, 4.69) is 4.31 Å². The van der Waals surface area contributed by atoms with Gasteiger partial charge in [0, 0.05) is 28.8 Å². The Hall–Kier alpha value is -1.46. The zero-order valence-electron chi connectivity index (χ0n) is 10.0. The fourth-order valence-electron chi connectivity index (χ4n) is 2.32. The van der Waals surface area contributed by atoms with E-state index in [1.807, 2.05) is 24.3 Å². The molecule has 0 saturated carbocycles. The number of nitrogens with zero attached hydrogens (tertiary/aromatic N) is 2. The van der Waals surface area contributed by atoms with Crippen LogP contribution in [-0.4, -0.2) is 17.3 Å². The lowest BCUT2D eigenvalue weighted by molar-refractivity contribution is -0.383. The fourth-order valence-corrected chi connectivity index (χ4v) is 3.59. The normalized spacial score (nSPS) is 13.2. The van der Waals surface area contributed by atoms with E-state index >= 15 is 0 Å². The van der Waals surface area contributed by atoms with E-state index in [9.17, 15) is 10.1 Å². The molecule has 98 valence electrons. The Balaban J connectivity index is 2.15. The lowest BCUT2D eigenvalue weighted by Crippen LogP contribution is -2.13. The van der Waals surface area contributed by atoms with Gasteiger partial charge in [0.25, 0.3) is 5.69 Å². The van der Waals surface area contributed by atoms with Crippen LogP contribution in [0.4, 0.5) is 11.4 Å². The van der Waals surface area contributed by atoms with Crippen molar-refractivity contribution in [2.24, 2.45) is 0 Å². The van der Waals surface area contributed by atoms with Crippen molar-refractivity contribution in [1.29, 1.82) is 0 Å². The predicted octanol–water partition coefficient (Wildman–Crippen LogP) is 4.20. The van der Waals surface area contributed by atoms with Gasteiger partial charge >= 0.3 is 0 Å². The number of nitro groups is 1. The first kappa shape index (κ1) is 12.6. The molecule has 2 aromatic carbocycles. The molecule has 1 aliphatic rings. The third kappa shape index (κ3) is 2.03. The molecule has 0 N–H and O–H groups in total. The van der Waals surface area contributed by atoms with E-state index in [0.29, 0.717) is 11.3 Å². The van der Waals surface area contributed by atoms with E-state index < -0.39 is 0 Å². The van der Waals surface area contributed by atoms with Crippen molar-refractivity contribution in [1.82, 2.24) is 0 Å². The second-order valence-electron chi connectivity index (χ2n) is 4.28. The summed E-state index contributed by atoms with van der Waals surface area (Å²) in [5.74, 6) is 0.615. The summed E-state index contributed by atoms with van der Waals surface area (Å²) in [6.07, 6.45) is 0.890. The fraction of sp³-hybridized carbons (Fsp3) is 0.231. The standard InChI is InChI=1S/C13H11ClN2O2S/c14-7-2-8-15-11-6-5-10(16(17)18)9-3-1-4-12(19-15)13(9)11/h1,3-6H,2,7-8H2. The van der Waals surface area contributed by atoms with Gasteiger partial charge in [0.2, 0.25) is 0 Å². The maximum Gasteiger partial charge on any atom is 0.277 e. The summed E-state index contributed by atoms with van der Waals surface area (Å²) in [4.78, 5) is 11.8. The number of hydrogen-bond acceptors (Lipinski definition) is 4. The Labute approximate surface area is 119 Å². The van der Waals surface area contributed by atoms with E-state index in [1.165, 1.54) is 0 Å². The number of anilines is 1. The smallest absolute Gasteiger partial charge is 0.277 e. The van der Waals surface area contributed by atoms with Gasteiger partial charge in [-0.15, -0.1) is 11.6 Å². The van der Waals surface area contributed by atoms with Crippen LogP contribution in [-0.2, 0) is 0 Å². The predicted molar refractivity (Wildman–Crippen MR) is 79.1 cm³/mol. The number of nitro benzene ring substituents is 1. The number of non-ortho nitro benzene ring substituents is 1. The zero-order chi connectivity index (χ0) is 13.4.